The molecular weight excluding hydrogens is 400 g/mol. The summed E-state index contributed by atoms with van der Waals surface area (Å²) >= 11 is 0. The molecule has 1 fully saturated rings. The summed E-state index contributed by atoms with van der Waals surface area (Å²) in [6.45, 7) is 8.02. The lowest BCUT2D eigenvalue weighted by molar-refractivity contribution is -0.140. The Morgan fingerprint density at radius 3 is 2.42 bits per heavy atom. The molecule has 0 bridgehead atoms. The van der Waals surface area contributed by atoms with E-state index in [4.69, 9.17) is 18.9 Å². The van der Waals surface area contributed by atoms with Gasteiger partial charge in [-0.05, 0) is 75.9 Å². The highest BCUT2D eigenvalue weighted by atomic mass is 16.5. The van der Waals surface area contributed by atoms with E-state index < -0.39 is 11.9 Å². The van der Waals surface area contributed by atoms with Gasteiger partial charge in [-0.2, -0.15) is 0 Å². The molecule has 0 unspecified atom stereocenters. The number of aryl methyl sites for hydroxylation is 1. The number of benzene rings is 1. The lowest BCUT2D eigenvalue weighted by atomic mass is 9.87. The Bertz CT molecular complexity index is 858. The van der Waals surface area contributed by atoms with Crippen LogP contribution in [0.4, 0.5) is 5.69 Å². The Morgan fingerprint density at radius 1 is 1.13 bits per heavy atom. The Balaban J connectivity index is 2.13. The summed E-state index contributed by atoms with van der Waals surface area (Å²) in [5.74, 6) is -0.160. The van der Waals surface area contributed by atoms with Crippen molar-refractivity contribution in [2.45, 2.75) is 45.6 Å². The summed E-state index contributed by atoms with van der Waals surface area (Å²) in [6, 6.07) is 4.07. The molecule has 0 spiro atoms. The first-order chi connectivity index (χ1) is 14.9. The maximum absolute atomic E-state index is 12.7. The zero-order valence-electron chi connectivity index (χ0n) is 18.9. The number of piperidine rings is 1. The molecule has 0 saturated carbocycles. The number of methoxy groups -OCH3 is 2. The summed E-state index contributed by atoms with van der Waals surface area (Å²) in [5, 5.41) is 3.40. The fourth-order valence-corrected chi connectivity index (χ4v) is 4.15. The number of anilines is 1. The van der Waals surface area contributed by atoms with Crippen molar-refractivity contribution in [3.05, 3.63) is 34.5 Å². The molecule has 0 aromatic heterocycles. The number of hydrogen-bond acceptors (Lipinski definition) is 8. The van der Waals surface area contributed by atoms with Crippen LogP contribution in [-0.2, 0) is 23.8 Å². The second-order valence-corrected chi connectivity index (χ2v) is 8.08. The van der Waals surface area contributed by atoms with Crippen molar-refractivity contribution in [1.29, 1.82) is 0 Å². The molecule has 1 aromatic rings. The molecule has 31 heavy (non-hydrogen) atoms. The molecule has 1 N–H and O–H groups in total. The van der Waals surface area contributed by atoms with Crippen LogP contribution in [0, 0.1) is 6.92 Å². The highest BCUT2D eigenvalue weighted by Gasteiger charge is 2.34. The first-order valence-corrected chi connectivity index (χ1v) is 10.6. The first-order valence-electron chi connectivity index (χ1n) is 10.6. The van der Waals surface area contributed by atoms with E-state index in [1.54, 1.807) is 4.90 Å². The molecular formula is C23H32N2O6. The van der Waals surface area contributed by atoms with Crippen molar-refractivity contribution in [3.63, 3.8) is 0 Å². The van der Waals surface area contributed by atoms with Gasteiger partial charge >= 0.3 is 11.9 Å². The van der Waals surface area contributed by atoms with Gasteiger partial charge in [-0.15, -0.1) is 0 Å². The van der Waals surface area contributed by atoms with Gasteiger partial charge in [0.2, 0.25) is 0 Å². The number of nitrogens with one attached hydrogen (secondary N) is 1. The van der Waals surface area contributed by atoms with Gasteiger partial charge < -0.3 is 29.2 Å². The molecule has 2 aliphatic heterocycles. The predicted octanol–water partition coefficient (Wildman–Crippen LogP) is 2.64. The van der Waals surface area contributed by atoms with Crippen molar-refractivity contribution in [3.8, 4) is 5.75 Å². The van der Waals surface area contributed by atoms with Crippen molar-refractivity contribution in [1.82, 2.24) is 5.32 Å². The van der Waals surface area contributed by atoms with E-state index in [-0.39, 0.29) is 30.7 Å². The van der Waals surface area contributed by atoms with Crippen LogP contribution in [0.1, 0.15) is 43.7 Å². The molecule has 8 nitrogen and oxygen atoms in total. The Morgan fingerprint density at radius 2 is 1.81 bits per heavy atom. The maximum Gasteiger partial charge on any atom is 0.355 e. The van der Waals surface area contributed by atoms with E-state index in [0.29, 0.717) is 17.4 Å². The quantitative estimate of drug-likeness (QED) is 0.687. The van der Waals surface area contributed by atoms with Gasteiger partial charge in [-0.1, -0.05) is 0 Å². The molecule has 1 aromatic carbocycles. The summed E-state index contributed by atoms with van der Waals surface area (Å²) in [4.78, 5) is 26.7. The second-order valence-electron chi connectivity index (χ2n) is 8.08. The summed E-state index contributed by atoms with van der Waals surface area (Å²) in [7, 11) is 2.56. The second kappa shape index (κ2) is 10.2. The summed E-state index contributed by atoms with van der Waals surface area (Å²) in [6.07, 6.45) is 2.06. The van der Waals surface area contributed by atoms with Crippen molar-refractivity contribution < 1.29 is 28.5 Å². The normalized spacial score (nSPS) is 17.7. The van der Waals surface area contributed by atoms with E-state index in [2.05, 4.69) is 18.3 Å². The molecule has 3 rings (SSSR count). The third-order valence-corrected chi connectivity index (χ3v) is 5.61. The number of rotatable bonds is 6. The van der Waals surface area contributed by atoms with Crippen LogP contribution < -0.4 is 15.0 Å². The number of carbonyl (C=O) groups excluding carboxylic acids is 2. The Labute approximate surface area is 183 Å². The largest absolute Gasteiger partial charge is 0.489 e. The van der Waals surface area contributed by atoms with E-state index in [1.807, 2.05) is 19.9 Å². The van der Waals surface area contributed by atoms with E-state index >= 15 is 0 Å². The van der Waals surface area contributed by atoms with Gasteiger partial charge in [0.25, 0.3) is 0 Å². The minimum absolute atomic E-state index is 0.0277. The van der Waals surface area contributed by atoms with Gasteiger partial charge in [0, 0.05) is 0 Å². The molecule has 2 heterocycles. The fraction of sp³-hybridized carbons (Fsp3) is 0.565. The van der Waals surface area contributed by atoms with E-state index in [9.17, 15) is 9.59 Å². The third-order valence-electron chi connectivity index (χ3n) is 5.61. The molecule has 0 amide bonds. The highest BCUT2D eigenvalue weighted by Crippen LogP contribution is 2.40. The average Bonchev–Trinajstić information content (AvgIpc) is 2.78. The molecule has 2 aliphatic rings. The molecule has 170 valence electrons. The molecule has 0 radical (unpaired) electrons. The van der Waals surface area contributed by atoms with Crippen molar-refractivity contribution in [2.24, 2.45) is 0 Å². The van der Waals surface area contributed by atoms with Crippen molar-refractivity contribution in [2.75, 3.05) is 45.5 Å². The highest BCUT2D eigenvalue weighted by molar-refractivity contribution is 6.03. The van der Waals surface area contributed by atoms with Crippen LogP contribution in [0.25, 0.3) is 0 Å². The Hall–Kier alpha value is -2.58. The lowest BCUT2D eigenvalue weighted by Crippen LogP contribution is -2.39. The van der Waals surface area contributed by atoms with Crippen molar-refractivity contribution >= 4 is 17.6 Å². The van der Waals surface area contributed by atoms with Gasteiger partial charge in [-0.25, -0.2) is 9.59 Å². The topological polar surface area (TPSA) is 86.3 Å². The zero-order chi connectivity index (χ0) is 22.5. The van der Waals surface area contributed by atoms with Crippen LogP contribution in [-0.4, -0.2) is 58.7 Å². The first kappa shape index (κ1) is 23.1. The number of nitrogens with zero attached hydrogens (tertiary/aromatic N) is 1. The minimum Gasteiger partial charge on any atom is -0.489 e. The van der Waals surface area contributed by atoms with Crippen LogP contribution in [0.2, 0.25) is 0 Å². The monoisotopic (exact) mass is 432 g/mol. The van der Waals surface area contributed by atoms with Gasteiger partial charge in [0.15, 0.2) is 0 Å². The van der Waals surface area contributed by atoms with Gasteiger partial charge in [0.05, 0.1) is 38.2 Å². The van der Waals surface area contributed by atoms with Crippen LogP contribution in [0.5, 0.6) is 5.75 Å². The van der Waals surface area contributed by atoms with Crippen LogP contribution in [0.15, 0.2) is 23.4 Å². The van der Waals surface area contributed by atoms with Gasteiger partial charge in [0.1, 0.15) is 18.2 Å². The zero-order valence-corrected chi connectivity index (χ0v) is 18.9. The van der Waals surface area contributed by atoms with E-state index in [1.165, 1.54) is 19.8 Å². The lowest BCUT2D eigenvalue weighted by Gasteiger charge is -2.34. The number of carbonyl (C=O) groups is 2. The Kier molecular flexibility index (Phi) is 7.56. The number of esters is 2. The van der Waals surface area contributed by atoms with Gasteiger partial charge in [-0.3, -0.25) is 0 Å². The number of ether oxygens (including phenoxy) is 4. The fourth-order valence-electron chi connectivity index (χ4n) is 4.15. The summed E-state index contributed by atoms with van der Waals surface area (Å²) < 4.78 is 21.7. The third kappa shape index (κ3) is 5.02. The molecule has 0 aliphatic carbocycles. The summed E-state index contributed by atoms with van der Waals surface area (Å²) in [5.41, 5.74) is 3.24. The minimum atomic E-state index is -0.626. The number of hydrogen-bond donors (Lipinski definition) is 1. The van der Waals surface area contributed by atoms with E-state index in [0.717, 1.165) is 31.5 Å². The average molecular weight is 433 g/mol. The molecule has 0 atom stereocenters. The smallest absolute Gasteiger partial charge is 0.355 e. The maximum atomic E-state index is 12.7. The predicted molar refractivity (Wildman–Crippen MR) is 116 cm³/mol. The SMILES string of the molecule is COC(=O)C1=C(C(=O)OC)N(c2cc(C)c(C3CCNCC3)cc2OC(C)C)COC1. The molecule has 1 saturated heterocycles. The standard InChI is InChI=1S/C23H32N2O6/c1-14(2)31-20-11-17(16-6-8-24-9-7-16)15(3)10-19(20)25-13-30-12-18(22(26)28-4)21(25)23(27)29-5/h10-11,14,16,24H,6-9,12-13H2,1-5H3. The van der Waals surface area contributed by atoms with Crippen LogP contribution in [0.3, 0.4) is 0 Å². The molecule has 8 heteroatoms. The van der Waals surface area contributed by atoms with Crippen LogP contribution >= 0.6 is 0 Å².